The summed E-state index contributed by atoms with van der Waals surface area (Å²) < 4.78 is 53.4. The second kappa shape index (κ2) is 8.53. The predicted octanol–water partition coefficient (Wildman–Crippen LogP) is 6.27. The Morgan fingerprint density at radius 2 is 1.79 bits per heavy atom. The maximum absolute atomic E-state index is 14.0. The van der Waals surface area contributed by atoms with Crippen LogP contribution in [-0.2, 0) is 19.1 Å². The van der Waals surface area contributed by atoms with Crippen LogP contribution in [-0.4, -0.2) is 31.2 Å². The molecule has 0 saturated carbocycles. The predicted molar refractivity (Wildman–Crippen MR) is 125 cm³/mol. The van der Waals surface area contributed by atoms with Gasteiger partial charge in [-0.15, -0.1) is 11.3 Å². The molecule has 0 radical (unpaired) electrons. The number of aryl methyl sites for hydroxylation is 1. The van der Waals surface area contributed by atoms with Crippen LogP contribution in [0.2, 0.25) is 0 Å². The molecule has 9 heteroatoms. The Kier molecular flexibility index (Phi) is 5.70. The molecular weight excluding hydrogens is 452 g/mol. The van der Waals surface area contributed by atoms with Crippen molar-refractivity contribution in [3.8, 4) is 0 Å². The first-order valence-corrected chi connectivity index (χ1v) is 11.8. The molecule has 4 nitrogen and oxygen atoms in total. The van der Waals surface area contributed by atoms with E-state index < -0.39 is 11.7 Å². The lowest BCUT2D eigenvalue weighted by molar-refractivity contribution is -0.137. The first kappa shape index (κ1) is 22.0. The van der Waals surface area contributed by atoms with Gasteiger partial charge in [0.05, 0.1) is 16.9 Å². The topological polar surface area (TPSA) is 21.8 Å². The van der Waals surface area contributed by atoms with E-state index in [1.807, 2.05) is 4.90 Å². The Morgan fingerprint density at radius 1 is 1.00 bits per heavy atom. The van der Waals surface area contributed by atoms with Crippen LogP contribution in [0.4, 0.5) is 39.6 Å². The van der Waals surface area contributed by atoms with E-state index in [0.717, 1.165) is 34.4 Å². The highest BCUT2D eigenvalue weighted by molar-refractivity contribution is 7.16. The van der Waals surface area contributed by atoms with Gasteiger partial charge in [0.15, 0.2) is 0 Å². The van der Waals surface area contributed by atoms with Crippen LogP contribution < -0.4 is 15.2 Å². The van der Waals surface area contributed by atoms with E-state index in [0.29, 0.717) is 38.4 Å². The Hall–Kier alpha value is -2.78. The highest BCUT2D eigenvalue weighted by Gasteiger charge is 2.33. The van der Waals surface area contributed by atoms with Crippen molar-refractivity contribution >= 4 is 33.4 Å². The van der Waals surface area contributed by atoms with Crippen molar-refractivity contribution in [2.75, 3.05) is 41.4 Å². The average molecular weight is 477 g/mol. The molecule has 2 aliphatic rings. The molecular formula is C24H24F4N4S. The van der Waals surface area contributed by atoms with Crippen LogP contribution in [0.3, 0.4) is 0 Å². The van der Waals surface area contributed by atoms with Crippen LogP contribution in [0.15, 0.2) is 48.5 Å². The fourth-order valence-corrected chi connectivity index (χ4v) is 5.56. The lowest BCUT2D eigenvalue weighted by atomic mass is 10.1. The van der Waals surface area contributed by atoms with Gasteiger partial charge in [-0.2, -0.15) is 13.2 Å². The first-order valence-electron chi connectivity index (χ1n) is 11.0. The number of anilines is 4. The number of piperazine rings is 1. The largest absolute Gasteiger partial charge is 0.416 e. The molecule has 174 valence electrons. The van der Waals surface area contributed by atoms with Crippen molar-refractivity contribution in [1.29, 1.82) is 0 Å². The molecule has 3 aromatic rings. The summed E-state index contributed by atoms with van der Waals surface area (Å²) in [5.74, 6) is -0.296. The molecule has 1 N–H and O–H groups in total. The molecule has 5 rings (SSSR count). The summed E-state index contributed by atoms with van der Waals surface area (Å²) in [6.07, 6.45) is -3.42. The summed E-state index contributed by atoms with van der Waals surface area (Å²) in [4.78, 5) is 3.26. The summed E-state index contributed by atoms with van der Waals surface area (Å²) >= 11 is 1.73. The minimum absolute atomic E-state index is 0.296. The highest BCUT2D eigenvalue weighted by atomic mass is 32.1. The smallest absolute Gasteiger partial charge is 0.379 e. The number of alkyl halides is 3. The summed E-state index contributed by atoms with van der Waals surface area (Å²) in [6.45, 7) is 5.17. The minimum Gasteiger partial charge on any atom is -0.379 e. The third-order valence-corrected chi connectivity index (χ3v) is 7.41. The third-order valence-electron chi connectivity index (χ3n) is 6.11. The number of hydrazine groups is 1. The van der Waals surface area contributed by atoms with Gasteiger partial charge in [0.2, 0.25) is 0 Å². The van der Waals surface area contributed by atoms with Crippen LogP contribution in [0, 0.1) is 5.82 Å². The second-order valence-electron chi connectivity index (χ2n) is 8.21. The SMILES string of the molecule is CCc1cc2c(s1)N(N1CCN(c3cccc(C(F)(F)F)c3)CC1)c1ccc(F)cc1NC2. The van der Waals surface area contributed by atoms with E-state index in [9.17, 15) is 17.6 Å². The molecule has 33 heavy (non-hydrogen) atoms. The third kappa shape index (κ3) is 4.27. The summed E-state index contributed by atoms with van der Waals surface area (Å²) in [6, 6.07) is 12.5. The number of halogens is 4. The van der Waals surface area contributed by atoms with Crippen LogP contribution in [0.25, 0.3) is 0 Å². The monoisotopic (exact) mass is 476 g/mol. The van der Waals surface area contributed by atoms with E-state index in [-0.39, 0.29) is 5.82 Å². The van der Waals surface area contributed by atoms with E-state index in [4.69, 9.17) is 0 Å². The van der Waals surface area contributed by atoms with Crippen molar-refractivity contribution < 1.29 is 17.6 Å². The number of nitrogens with one attached hydrogen (secondary N) is 1. The molecule has 0 atom stereocenters. The molecule has 0 spiro atoms. The fraction of sp³-hybridized carbons (Fsp3) is 0.333. The van der Waals surface area contributed by atoms with Gasteiger partial charge in [0.1, 0.15) is 10.8 Å². The van der Waals surface area contributed by atoms with Crippen molar-refractivity contribution in [3.05, 3.63) is 70.4 Å². The number of thiophene rings is 1. The lowest BCUT2D eigenvalue weighted by Gasteiger charge is -2.42. The van der Waals surface area contributed by atoms with Gasteiger partial charge in [-0.3, -0.25) is 5.01 Å². The number of benzene rings is 2. The Bertz CT molecular complexity index is 1150. The number of nitrogens with zero attached hydrogens (tertiary/aromatic N) is 3. The Morgan fingerprint density at radius 3 is 2.52 bits per heavy atom. The van der Waals surface area contributed by atoms with Gasteiger partial charge in [-0.25, -0.2) is 9.40 Å². The van der Waals surface area contributed by atoms with Gasteiger partial charge in [-0.05, 0) is 48.9 Å². The zero-order valence-corrected chi connectivity index (χ0v) is 18.9. The van der Waals surface area contributed by atoms with Crippen molar-refractivity contribution in [2.24, 2.45) is 0 Å². The molecule has 0 aliphatic carbocycles. The van der Waals surface area contributed by atoms with Gasteiger partial charge < -0.3 is 10.2 Å². The van der Waals surface area contributed by atoms with Crippen molar-refractivity contribution in [2.45, 2.75) is 26.1 Å². The average Bonchev–Trinajstić information content (AvgIpc) is 3.15. The lowest BCUT2D eigenvalue weighted by Crippen LogP contribution is -2.52. The molecule has 2 aliphatic heterocycles. The number of rotatable bonds is 3. The summed E-state index contributed by atoms with van der Waals surface area (Å²) in [7, 11) is 0. The summed E-state index contributed by atoms with van der Waals surface area (Å²) in [5, 5.41) is 8.85. The molecule has 0 bridgehead atoms. The van der Waals surface area contributed by atoms with Crippen LogP contribution in [0.1, 0.15) is 22.9 Å². The molecule has 1 aromatic heterocycles. The van der Waals surface area contributed by atoms with Gasteiger partial charge in [0, 0.05) is 48.9 Å². The van der Waals surface area contributed by atoms with Crippen LogP contribution in [0.5, 0.6) is 0 Å². The Labute approximate surface area is 194 Å². The zero-order valence-electron chi connectivity index (χ0n) is 18.1. The van der Waals surface area contributed by atoms with Gasteiger partial charge in [-0.1, -0.05) is 13.0 Å². The molecule has 1 saturated heterocycles. The van der Waals surface area contributed by atoms with Gasteiger partial charge >= 0.3 is 6.18 Å². The maximum Gasteiger partial charge on any atom is 0.416 e. The van der Waals surface area contributed by atoms with E-state index >= 15 is 0 Å². The second-order valence-corrected chi connectivity index (χ2v) is 9.33. The molecule has 2 aromatic carbocycles. The molecule has 1 fully saturated rings. The Balaban J connectivity index is 1.43. The van der Waals surface area contributed by atoms with E-state index in [1.54, 1.807) is 23.5 Å². The first-order chi connectivity index (χ1) is 15.8. The van der Waals surface area contributed by atoms with E-state index in [1.165, 1.54) is 29.1 Å². The number of hydrogen-bond acceptors (Lipinski definition) is 5. The maximum atomic E-state index is 14.0. The van der Waals surface area contributed by atoms with Crippen molar-refractivity contribution in [1.82, 2.24) is 5.01 Å². The van der Waals surface area contributed by atoms with E-state index in [2.05, 4.69) is 28.3 Å². The van der Waals surface area contributed by atoms with Crippen molar-refractivity contribution in [3.63, 3.8) is 0 Å². The zero-order chi connectivity index (χ0) is 23.2. The highest BCUT2D eigenvalue weighted by Crippen LogP contribution is 2.44. The fourth-order valence-electron chi connectivity index (χ4n) is 4.40. The quantitative estimate of drug-likeness (QED) is 0.450. The molecule has 0 unspecified atom stereocenters. The number of fused-ring (bicyclic) bond motifs is 2. The summed E-state index contributed by atoms with van der Waals surface area (Å²) in [5.41, 5.74) is 2.72. The van der Waals surface area contributed by atoms with Crippen LogP contribution >= 0.6 is 11.3 Å². The molecule has 0 amide bonds. The minimum atomic E-state index is -4.36. The van der Waals surface area contributed by atoms with Gasteiger partial charge in [0.25, 0.3) is 0 Å². The number of hydrogen-bond donors (Lipinski definition) is 1. The standard InChI is InChI=1S/C24H24F4N4S/c1-2-20-12-16-15-29-21-14-18(25)6-7-22(21)32(23(16)33-20)31-10-8-30(9-11-31)19-5-3-4-17(13-19)24(26,27)28/h3-7,12-14,29H,2,8-11,15H2,1H3. The normalized spacial score (nSPS) is 16.8. The molecule has 3 heterocycles.